The molecule has 0 fully saturated rings. The topological polar surface area (TPSA) is 17.8 Å². The maximum atomic E-state index is 4.14. The van der Waals surface area contributed by atoms with Crippen LogP contribution in [0.1, 0.15) is 34.1 Å². The van der Waals surface area contributed by atoms with Crippen LogP contribution in [0.3, 0.4) is 0 Å². The van der Waals surface area contributed by atoms with E-state index in [0.29, 0.717) is 0 Å². The van der Waals surface area contributed by atoms with Crippen LogP contribution in [-0.2, 0) is 6.54 Å². The van der Waals surface area contributed by atoms with Gasteiger partial charge in [-0.15, -0.1) is 0 Å². The summed E-state index contributed by atoms with van der Waals surface area (Å²) in [6, 6.07) is 0. The minimum absolute atomic E-state index is 0.187. The quantitative estimate of drug-likeness (QED) is 0.755. The molecule has 1 aliphatic carbocycles. The summed E-state index contributed by atoms with van der Waals surface area (Å²) >= 11 is 0. The van der Waals surface area contributed by atoms with Crippen LogP contribution < -0.4 is 0 Å². The molecule has 0 saturated carbocycles. The Bertz CT molecular complexity index is 432. The third-order valence-corrected chi connectivity index (χ3v) is 3.91. The van der Waals surface area contributed by atoms with Crippen LogP contribution in [0.5, 0.6) is 0 Å². The van der Waals surface area contributed by atoms with Gasteiger partial charge in [0.25, 0.3) is 0 Å². The highest BCUT2D eigenvalue weighted by molar-refractivity contribution is 5.24. The summed E-state index contributed by atoms with van der Waals surface area (Å²) in [5.74, 6) is 0. The molecule has 0 radical (unpaired) electrons. The van der Waals surface area contributed by atoms with Gasteiger partial charge in [0.2, 0.25) is 0 Å². The molecular weight excluding hydrogens is 208 g/mol. The highest BCUT2D eigenvalue weighted by atomic mass is 15.0. The lowest BCUT2D eigenvalue weighted by molar-refractivity contribution is 0.118. The molecule has 0 aromatic carbocycles. The van der Waals surface area contributed by atoms with Gasteiger partial charge in [-0.05, 0) is 18.8 Å². The molecule has 0 aliphatic heterocycles. The average molecular weight is 230 g/mol. The van der Waals surface area contributed by atoms with Gasteiger partial charge in [0.1, 0.15) is 0 Å². The third-order valence-electron chi connectivity index (χ3n) is 3.91. The third kappa shape index (κ3) is 2.36. The Balaban J connectivity index is 2.32. The monoisotopic (exact) mass is 230 g/mol. The molecular formula is C15H22N2. The summed E-state index contributed by atoms with van der Waals surface area (Å²) in [4.78, 5) is 4.14. The Labute approximate surface area is 104 Å². The van der Waals surface area contributed by atoms with Crippen LogP contribution >= 0.6 is 0 Å². The molecule has 1 aliphatic rings. The van der Waals surface area contributed by atoms with Gasteiger partial charge in [-0.1, -0.05) is 44.6 Å². The van der Waals surface area contributed by atoms with E-state index in [1.807, 2.05) is 12.5 Å². The van der Waals surface area contributed by atoms with Gasteiger partial charge >= 0.3 is 0 Å². The summed E-state index contributed by atoms with van der Waals surface area (Å²) in [5, 5.41) is 0. The molecule has 0 bridgehead atoms. The van der Waals surface area contributed by atoms with Crippen molar-refractivity contribution < 1.29 is 0 Å². The van der Waals surface area contributed by atoms with Gasteiger partial charge in [0, 0.05) is 24.4 Å². The molecule has 0 amide bonds. The number of hydrogen-bond acceptors (Lipinski definition) is 1. The van der Waals surface area contributed by atoms with Crippen LogP contribution in [0.2, 0.25) is 0 Å². The van der Waals surface area contributed by atoms with Crippen molar-refractivity contribution in [3.8, 4) is 0 Å². The van der Waals surface area contributed by atoms with E-state index < -0.39 is 0 Å². The number of imidazole rings is 1. The van der Waals surface area contributed by atoms with E-state index in [0.717, 1.165) is 13.0 Å². The number of allylic oxidation sites excluding steroid dienone is 4. The molecule has 2 heteroatoms. The molecule has 1 heterocycles. The van der Waals surface area contributed by atoms with E-state index in [2.05, 4.69) is 61.7 Å². The first-order valence-electron chi connectivity index (χ1n) is 6.24. The first kappa shape index (κ1) is 12.2. The van der Waals surface area contributed by atoms with E-state index >= 15 is 0 Å². The van der Waals surface area contributed by atoms with E-state index in [9.17, 15) is 0 Å². The summed E-state index contributed by atoms with van der Waals surface area (Å²) in [5.41, 5.74) is 1.89. The molecule has 0 N–H and O–H groups in total. The van der Waals surface area contributed by atoms with Gasteiger partial charge in [0.15, 0.2) is 0 Å². The lowest BCUT2D eigenvalue weighted by atomic mass is 9.62. The van der Waals surface area contributed by atoms with Crippen molar-refractivity contribution >= 4 is 0 Å². The second-order valence-electron chi connectivity index (χ2n) is 6.19. The van der Waals surface area contributed by atoms with Gasteiger partial charge in [-0.3, -0.25) is 0 Å². The predicted octanol–water partition coefficient (Wildman–Crippen LogP) is 3.82. The van der Waals surface area contributed by atoms with Crippen molar-refractivity contribution in [2.75, 3.05) is 0 Å². The van der Waals surface area contributed by atoms with Crippen LogP contribution in [0, 0.1) is 10.8 Å². The molecule has 1 aromatic heterocycles. The van der Waals surface area contributed by atoms with E-state index in [1.165, 1.54) is 5.57 Å². The van der Waals surface area contributed by atoms with Gasteiger partial charge in [0.05, 0.1) is 6.33 Å². The van der Waals surface area contributed by atoms with Crippen LogP contribution in [0.15, 0.2) is 42.5 Å². The van der Waals surface area contributed by atoms with Crippen molar-refractivity contribution in [3.63, 3.8) is 0 Å². The summed E-state index contributed by atoms with van der Waals surface area (Å²) in [6.07, 6.45) is 13.7. The molecule has 2 nitrogen and oxygen atoms in total. The maximum absolute atomic E-state index is 4.14. The Morgan fingerprint density at radius 2 is 2.18 bits per heavy atom. The Morgan fingerprint density at radius 1 is 1.41 bits per heavy atom. The molecule has 1 aromatic rings. The van der Waals surface area contributed by atoms with Crippen LogP contribution in [0.4, 0.5) is 0 Å². The largest absolute Gasteiger partial charge is 0.337 e. The fourth-order valence-corrected chi connectivity index (χ4v) is 2.58. The first-order valence-corrected chi connectivity index (χ1v) is 6.24. The number of aromatic nitrogens is 2. The molecule has 1 atom stereocenters. The fourth-order valence-electron chi connectivity index (χ4n) is 2.58. The normalized spacial score (nSPS) is 24.8. The Kier molecular flexibility index (Phi) is 2.98. The predicted molar refractivity (Wildman–Crippen MR) is 71.6 cm³/mol. The zero-order valence-electron chi connectivity index (χ0n) is 11.3. The lowest BCUT2D eigenvalue weighted by Gasteiger charge is -2.44. The zero-order valence-corrected chi connectivity index (χ0v) is 11.3. The minimum Gasteiger partial charge on any atom is -0.337 e. The van der Waals surface area contributed by atoms with Crippen molar-refractivity contribution in [2.45, 2.75) is 40.7 Å². The van der Waals surface area contributed by atoms with Gasteiger partial charge < -0.3 is 4.57 Å². The van der Waals surface area contributed by atoms with E-state index in [4.69, 9.17) is 0 Å². The first-order chi connectivity index (χ1) is 7.93. The van der Waals surface area contributed by atoms with Crippen LogP contribution in [0.25, 0.3) is 0 Å². The van der Waals surface area contributed by atoms with E-state index in [-0.39, 0.29) is 10.8 Å². The zero-order chi connectivity index (χ0) is 12.5. The van der Waals surface area contributed by atoms with Crippen molar-refractivity contribution in [3.05, 3.63) is 42.5 Å². The van der Waals surface area contributed by atoms with Crippen molar-refractivity contribution in [1.82, 2.24) is 9.55 Å². The average Bonchev–Trinajstić information content (AvgIpc) is 2.68. The molecule has 0 spiro atoms. The maximum Gasteiger partial charge on any atom is 0.0946 e. The second-order valence-corrected chi connectivity index (χ2v) is 6.19. The minimum atomic E-state index is 0.187. The molecule has 0 saturated heterocycles. The lowest BCUT2D eigenvalue weighted by Crippen LogP contribution is -2.39. The van der Waals surface area contributed by atoms with Crippen molar-refractivity contribution in [2.24, 2.45) is 10.8 Å². The van der Waals surface area contributed by atoms with Crippen LogP contribution in [-0.4, -0.2) is 9.55 Å². The van der Waals surface area contributed by atoms with Gasteiger partial charge in [-0.25, -0.2) is 4.98 Å². The highest BCUT2D eigenvalue weighted by Crippen LogP contribution is 2.47. The fraction of sp³-hybridized carbons (Fsp3) is 0.533. The smallest absolute Gasteiger partial charge is 0.0946 e. The molecule has 2 rings (SSSR count). The summed E-state index contributed by atoms with van der Waals surface area (Å²) in [7, 11) is 0. The summed E-state index contributed by atoms with van der Waals surface area (Å²) in [6.45, 7) is 10.2. The number of nitrogens with zero attached hydrogens (tertiary/aromatic N) is 2. The van der Waals surface area contributed by atoms with Gasteiger partial charge in [-0.2, -0.15) is 0 Å². The van der Waals surface area contributed by atoms with Crippen molar-refractivity contribution in [1.29, 1.82) is 0 Å². The Hall–Kier alpha value is -1.31. The van der Waals surface area contributed by atoms with E-state index in [1.54, 1.807) is 0 Å². The molecule has 17 heavy (non-hydrogen) atoms. The summed E-state index contributed by atoms with van der Waals surface area (Å²) < 4.78 is 2.19. The number of hydrogen-bond donors (Lipinski definition) is 0. The SMILES string of the molecule is CC1=CC=CC(Cn2ccnc2)(C(C)(C)C)C1. The molecule has 1 unspecified atom stereocenters. The number of rotatable bonds is 2. The second kappa shape index (κ2) is 4.17. The highest BCUT2D eigenvalue weighted by Gasteiger charge is 2.40. The Morgan fingerprint density at radius 3 is 2.71 bits per heavy atom. The molecule has 92 valence electrons. The standard InChI is InChI=1S/C15H22N2/c1-13-6-5-7-15(10-13,14(2,3)4)11-17-9-8-16-12-17/h5-9,12H,10-11H2,1-4H3.